The predicted octanol–water partition coefficient (Wildman–Crippen LogP) is 1.92. The Bertz CT molecular complexity index is 261. The topological polar surface area (TPSA) is 43.1 Å². The quantitative estimate of drug-likeness (QED) is 0.679. The molecule has 1 aliphatic rings. The van der Waals surface area contributed by atoms with E-state index in [-0.39, 0.29) is 5.78 Å². The summed E-state index contributed by atoms with van der Waals surface area (Å²) in [4.78, 5) is 11.2. The summed E-state index contributed by atoms with van der Waals surface area (Å²) in [6, 6.07) is 0. The zero-order valence-corrected chi connectivity index (χ0v) is 7.68. The molecule has 0 aromatic carbocycles. The molecular weight excluding hydrogens is 150 g/mol. The summed E-state index contributed by atoms with van der Waals surface area (Å²) in [6.07, 6.45) is 4.31. The molecule has 0 radical (unpaired) electrons. The first kappa shape index (κ1) is 9.04. The Balaban J connectivity index is 3.03. The number of allylic oxidation sites excluding steroid dienone is 4. The van der Waals surface area contributed by atoms with Crippen molar-refractivity contribution < 1.29 is 4.79 Å². The largest absolute Gasteiger partial charge is 0.396 e. The molecule has 0 aliphatic heterocycles. The molecule has 2 nitrogen and oxygen atoms in total. The van der Waals surface area contributed by atoms with Gasteiger partial charge >= 0.3 is 0 Å². The Labute approximate surface area is 73.1 Å². The number of nitrogens with two attached hydrogens (primary N) is 1. The van der Waals surface area contributed by atoms with Crippen LogP contribution in [0.15, 0.2) is 22.9 Å². The molecule has 0 aromatic heterocycles. The van der Waals surface area contributed by atoms with Crippen molar-refractivity contribution in [2.24, 2.45) is 5.73 Å². The van der Waals surface area contributed by atoms with Crippen molar-refractivity contribution >= 4 is 5.78 Å². The summed E-state index contributed by atoms with van der Waals surface area (Å²) in [7, 11) is 0. The molecule has 1 aliphatic carbocycles. The molecule has 0 amide bonds. The Morgan fingerprint density at radius 1 is 1.42 bits per heavy atom. The second-order valence-corrected chi connectivity index (χ2v) is 2.96. The van der Waals surface area contributed by atoms with Crippen LogP contribution in [0.4, 0.5) is 0 Å². The van der Waals surface area contributed by atoms with Gasteiger partial charge in [0, 0.05) is 6.42 Å². The molecule has 12 heavy (non-hydrogen) atoms. The lowest BCUT2D eigenvalue weighted by atomic mass is 9.91. The van der Waals surface area contributed by atoms with Crippen LogP contribution in [0.5, 0.6) is 0 Å². The minimum atomic E-state index is 0.0732. The van der Waals surface area contributed by atoms with Crippen molar-refractivity contribution in [1.29, 1.82) is 0 Å². The van der Waals surface area contributed by atoms with Crippen LogP contribution in [0.2, 0.25) is 0 Å². The maximum Gasteiger partial charge on any atom is 0.182 e. The summed E-state index contributed by atoms with van der Waals surface area (Å²) in [5.41, 5.74) is 8.47. The van der Waals surface area contributed by atoms with Gasteiger partial charge in [-0.15, -0.1) is 0 Å². The van der Waals surface area contributed by atoms with Crippen LogP contribution in [0.25, 0.3) is 0 Å². The van der Waals surface area contributed by atoms with Gasteiger partial charge in [0.1, 0.15) is 0 Å². The first-order valence-electron chi connectivity index (χ1n) is 4.41. The normalized spacial score (nSPS) is 18.2. The second kappa shape index (κ2) is 3.57. The van der Waals surface area contributed by atoms with Crippen LogP contribution in [-0.4, -0.2) is 5.78 Å². The van der Waals surface area contributed by atoms with Crippen LogP contribution in [-0.2, 0) is 4.79 Å². The van der Waals surface area contributed by atoms with E-state index in [1.54, 1.807) is 0 Å². The fraction of sp³-hybridized carbons (Fsp3) is 0.500. The number of carbonyl (C=O) groups is 1. The summed E-state index contributed by atoms with van der Waals surface area (Å²) in [5.74, 6) is 0.0732. The maximum absolute atomic E-state index is 11.2. The van der Waals surface area contributed by atoms with E-state index >= 15 is 0 Å². The van der Waals surface area contributed by atoms with E-state index in [4.69, 9.17) is 5.73 Å². The molecule has 0 heterocycles. The molecule has 0 fully saturated rings. The fourth-order valence-corrected chi connectivity index (χ4v) is 1.57. The molecule has 0 saturated heterocycles. The van der Waals surface area contributed by atoms with Gasteiger partial charge in [0.15, 0.2) is 5.78 Å². The van der Waals surface area contributed by atoms with E-state index in [0.717, 1.165) is 18.4 Å². The van der Waals surface area contributed by atoms with E-state index < -0.39 is 0 Å². The van der Waals surface area contributed by atoms with Gasteiger partial charge < -0.3 is 5.73 Å². The van der Waals surface area contributed by atoms with Gasteiger partial charge in [0.25, 0.3) is 0 Å². The molecule has 1 rings (SSSR count). The Morgan fingerprint density at radius 3 is 2.58 bits per heavy atom. The van der Waals surface area contributed by atoms with E-state index in [1.165, 1.54) is 5.57 Å². The molecule has 0 saturated carbocycles. The number of carbonyl (C=O) groups excluding carboxylic acids is 1. The first-order valence-corrected chi connectivity index (χ1v) is 4.41. The van der Waals surface area contributed by atoms with E-state index in [0.29, 0.717) is 12.1 Å². The predicted molar refractivity (Wildman–Crippen MR) is 49.5 cm³/mol. The number of ketones is 1. The van der Waals surface area contributed by atoms with Crippen molar-refractivity contribution in [3.63, 3.8) is 0 Å². The van der Waals surface area contributed by atoms with E-state index in [9.17, 15) is 4.79 Å². The van der Waals surface area contributed by atoms with Gasteiger partial charge in [-0.3, -0.25) is 4.79 Å². The van der Waals surface area contributed by atoms with Crippen molar-refractivity contribution in [3.05, 3.63) is 22.9 Å². The average molecular weight is 165 g/mol. The van der Waals surface area contributed by atoms with Gasteiger partial charge in [0.05, 0.1) is 5.70 Å². The molecule has 0 unspecified atom stereocenters. The van der Waals surface area contributed by atoms with Crippen molar-refractivity contribution in [2.75, 3.05) is 0 Å². The van der Waals surface area contributed by atoms with Crippen LogP contribution < -0.4 is 5.73 Å². The molecular formula is C10H15NO. The monoisotopic (exact) mass is 165 g/mol. The summed E-state index contributed by atoms with van der Waals surface area (Å²) in [5, 5.41) is 0. The third-order valence-corrected chi connectivity index (χ3v) is 2.28. The lowest BCUT2D eigenvalue weighted by Crippen LogP contribution is -2.17. The van der Waals surface area contributed by atoms with Crippen molar-refractivity contribution in [1.82, 2.24) is 0 Å². The van der Waals surface area contributed by atoms with Gasteiger partial charge in [-0.25, -0.2) is 0 Å². The van der Waals surface area contributed by atoms with Crippen LogP contribution in [0.1, 0.15) is 33.1 Å². The maximum atomic E-state index is 11.2. The minimum absolute atomic E-state index is 0.0732. The van der Waals surface area contributed by atoms with Crippen LogP contribution >= 0.6 is 0 Å². The van der Waals surface area contributed by atoms with Crippen LogP contribution in [0.3, 0.4) is 0 Å². The number of hydrogen-bond donors (Lipinski definition) is 1. The molecule has 2 N–H and O–H groups in total. The molecule has 2 heteroatoms. The van der Waals surface area contributed by atoms with E-state index in [1.807, 2.05) is 13.0 Å². The fourth-order valence-electron chi connectivity index (χ4n) is 1.57. The van der Waals surface area contributed by atoms with Gasteiger partial charge in [-0.05, 0) is 24.0 Å². The SMILES string of the molecule is CCC1=CCC(=O)C(N)=C1CC. The smallest absolute Gasteiger partial charge is 0.182 e. The molecule has 0 atom stereocenters. The lowest BCUT2D eigenvalue weighted by Gasteiger charge is -2.16. The highest BCUT2D eigenvalue weighted by Gasteiger charge is 2.16. The third-order valence-electron chi connectivity index (χ3n) is 2.28. The Hall–Kier alpha value is -1.05. The molecule has 66 valence electrons. The highest BCUT2D eigenvalue weighted by Crippen LogP contribution is 2.24. The summed E-state index contributed by atoms with van der Waals surface area (Å²) >= 11 is 0. The Morgan fingerprint density at radius 2 is 2.08 bits per heavy atom. The summed E-state index contributed by atoms with van der Waals surface area (Å²) in [6.45, 7) is 4.12. The Kier molecular flexibility index (Phi) is 2.69. The number of Topliss-reactive ketones (excluding diaryl/α,β-unsaturated/α-hetero) is 1. The highest BCUT2D eigenvalue weighted by molar-refractivity contribution is 5.98. The number of rotatable bonds is 2. The zero-order chi connectivity index (χ0) is 9.14. The number of hydrogen-bond acceptors (Lipinski definition) is 2. The van der Waals surface area contributed by atoms with Crippen LogP contribution in [0, 0.1) is 0 Å². The molecule has 0 aromatic rings. The summed E-state index contributed by atoms with van der Waals surface area (Å²) < 4.78 is 0. The van der Waals surface area contributed by atoms with Gasteiger partial charge in [-0.2, -0.15) is 0 Å². The minimum Gasteiger partial charge on any atom is -0.396 e. The average Bonchev–Trinajstić information content (AvgIpc) is 2.09. The second-order valence-electron chi connectivity index (χ2n) is 2.96. The van der Waals surface area contributed by atoms with Crippen molar-refractivity contribution in [2.45, 2.75) is 33.1 Å². The third kappa shape index (κ3) is 1.42. The first-order chi connectivity index (χ1) is 5.70. The standard InChI is InChI=1S/C10H15NO/c1-3-7-5-6-9(12)10(11)8(7)4-2/h5H,3-4,6,11H2,1-2H3. The zero-order valence-electron chi connectivity index (χ0n) is 7.68. The molecule has 0 bridgehead atoms. The van der Waals surface area contributed by atoms with Gasteiger partial charge in [0.2, 0.25) is 0 Å². The highest BCUT2D eigenvalue weighted by atomic mass is 16.1. The molecule has 0 spiro atoms. The van der Waals surface area contributed by atoms with E-state index in [2.05, 4.69) is 6.92 Å². The van der Waals surface area contributed by atoms with Crippen molar-refractivity contribution in [3.8, 4) is 0 Å². The van der Waals surface area contributed by atoms with Gasteiger partial charge in [-0.1, -0.05) is 19.9 Å². The lowest BCUT2D eigenvalue weighted by molar-refractivity contribution is -0.115.